The van der Waals surface area contributed by atoms with E-state index in [0.29, 0.717) is 28.4 Å². The molecule has 0 bridgehead atoms. The van der Waals surface area contributed by atoms with Gasteiger partial charge in [0.15, 0.2) is 0 Å². The Morgan fingerprint density at radius 2 is 1.81 bits per heavy atom. The number of aliphatic hydroxyl groups is 1. The van der Waals surface area contributed by atoms with Gasteiger partial charge in [0.2, 0.25) is 0 Å². The molecule has 4 aliphatic carbocycles. The van der Waals surface area contributed by atoms with Gasteiger partial charge < -0.3 is 5.11 Å². The van der Waals surface area contributed by atoms with Crippen LogP contribution in [0.4, 0.5) is 0 Å². The minimum atomic E-state index is -0.445. The Balaban J connectivity index is 1.62. The molecule has 0 saturated heterocycles. The van der Waals surface area contributed by atoms with Crippen LogP contribution in [0.2, 0.25) is 0 Å². The number of alkyl halides is 1. The molecule has 8 atom stereocenters. The lowest BCUT2D eigenvalue weighted by molar-refractivity contribution is -0.153. The van der Waals surface area contributed by atoms with Crippen LogP contribution in [0, 0.1) is 40.4 Å². The van der Waals surface area contributed by atoms with E-state index in [2.05, 4.69) is 36.7 Å². The first kappa shape index (κ1) is 19.4. The van der Waals surface area contributed by atoms with Crippen molar-refractivity contribution in [3.63, 3.8) is 0 Å². The van der Waals surface area contributed by atoms with Crippen LogP contribution in [0.1, 0.15) is 85.0 Å². The maximum Gasteiger partial charge on any atom is 0.147 e. The number of halogens is 1. The molecule has 0 amide bonds. The highest BCUT2D eigenvalue weighted by atomic mass is 79.9. The first-order valence-electron chi connectivity index (χ1n) is 11.1. The van der Waals surface area contributed by atoms with Gasteiger partial charge in [-0.15, -0.1) is 0 Å². The summed E-state index contributed by atoms with van der Waals surface area (Å²) >= 11 is 3.46. The quantitative estimate of drug-likeness (QED) is 0.585. The zero-order valence-electron chi connectivity index (χ0n) is 16.9. The second-order valence-corrected chi connectivity index (χ2v) is 11.3. The van der Waals surface area contributed by atoms with Crippen LogP contribution in [0.3, 0.4) is 0 Å². The van der Waals surface area contributed by atoms with E-state index in [0.717, 1.165) is 37.0 Å². The molecule has 0 radical (unpaired) electrons. The zero-order valence-corrected chi connectivity index (χ0v) is 18.5. The predicted molar refractivity (Wildman–Crippen MR) is 109 cm³/mol. The monoisotopic (exact) mass is 424 g/mol. The fourth-order valence-electron chi connectivity index (χ4n) is 8.50. The fraction of sp³-hybridized carbons (Fsp3) is 0.957. The van der Waals surface area contributed by atoms with Crippen molar-refractivity contribution < 1.29 is 9.90 Å². The Morgan fingerprint density at radius 1 is 1.04 bits per heavy atom. The molecule has 4 fully saturated rings. The van der Waals surface area contributed by atoms with E-state index in [1.807, 2.05) is 0 Å². The van der Waals surface area contributed by atoms with E-state index in [-0.39, 0.29) is 5.41 Å². The standard InChI is InChI=1S/C23H37BrO2/c1-4-23-10-9-17-16(18(23)7-8-19(23)20(25)14-24)6-5-15-13-21(2,26)11-12-22(15,17)3/h15-19,26H,4-14H2,1-3H3/t15-,16-,17+,18+,19-,21-,22+,23+/m1/s1. The molecule has 0 spiro atoms. The predicted octanol–water partition coefficient (Wildman–Crippen LogP) is 5.75. The summed E-state index contributed by atoms with van der Waals surface area (Å²) in [5, 5.41) is 11.2. The van der Waals surface area contributed by atoms with Crippen molar-refractivity contribution in [1.29, 1.82) is 0 Å². The van der Waals surface area contributed by atoms with Gasteiger partial charge in [-0.3, -0.25) is 4.79 Å². The number of Topliss-reactive ketones (excluding diaryl/α,β-unsaturated/α-hetero) is 1. The SMILES string of the molecule is CC[C@]12CC[C@H]3[C@@H](CC[C@@H]4C[C@](C)(O)CC[C@@]43C)[C@@H]1CC[C@@H]2C(=O)CBr. The molecule has 0 aromatic carbocycles. The van der Waals surface area contributed by atoms with Gasteiger partial charge in [0.25, 0.3) is 0 Å². The van der Waals surface area contributed by atoms with Gasteiger partial charge in [0.1, 0.15) is 5.78 Å². The van der Waals surface area contributed by atoms with Gasteiger partial charge in [-0.1, -0.05) is 29.8 Å². The maximum absolute atomic E-state index is 12.7. The van der Waals surface area contributed by atoms with Crippen molar-refractivity contribution in [2.45, 2.75) is 90.6 Å². The fourth-order valence-corrected chi connectivity index (χ4v) is 8.89. The van der Waals surface area contributed by atoms with Crippen LogP contribution in [0.25, 0.3) is 0 Å². The molecular formula is C23H37BrO2. The van der Waals surface area contributed by atoms with Gasteiger partial charge in [-0.2, -0.15) is 0 Å². The number of hydrogen-bond acceptors (Lipinski definition) is 2. The van der Waals surface area contributed by atoms with E-state index < -0.39 is 5.60 Å². The Hall–Kier alpha value is 0.110. The van der Waals surface area contributed by atoms with Crippen LogP contribution >= 0.6 is 15.9 Å². The van der Waals surface area contributed by atoms with Crippen LogP contribution < -0.4 is 0 Å². The highest BCUT2D eigenvalue weighted by Crippen LogP contribution is 2.68. The molecule has 2 nitrogen and oxygen atoms in total. The van der Waals surface area contributed by atoms with Crippen LogP contribution in [-0.4, -0.2) is 21.8 Å². The summed E-state index contributed by atoms with van der Waals surface area (Å²) in [4.78, 5) is 12.7. The molecule has 3 heteroatoms. The third-order valence-corrected chi connectivity index (χ3v) is 10.4. The average Bonchev–Trinajstić information content (AvgIpc) is 3.01. The first-order chi connectivity index (χ1) is 12.3. The summed E-state index contributed by atoms with van der Waals surface area (Å²) < 4.78 is 0. The lowest BCUT2D eigenvalue weighted by atomic mass is 9.43. The van der Waals surface area contributed by atoms with Crippen LogP contribution in [-0.2, 0) is 4.79 Å². The smallest absolute Gasteiger partial charge is 0.147 e. The van der Waals surface area contributed by atoms with Gasteiger partial charge in [-0.05, 0) is 106 Å². The molecule has 0 heterocycles. The van der Waals surface area contributed by atoms with E-state index in [1.165, 1.54) is 44.9 Å². The number of rotatable bonds is 3. The lowest BCUT2D eigenvalue weighted by Crippen LogP contribution is -2.56. The zero-order chi connectivity index (χ0) is 18.7. The molecular weight excluding hydrogens is 388 g/mol. The molecule has 0 aromatic heterocycles. The summed E-state index contributed by atoms with van der Waals surface area (Å²) in [6.45, 7) is 6.95. The third-order valence-electron chi connectivity index (χ3n) is 9.85. The summed E-state index contributed by atoms with van der Waals surface area (Å²) in [6, 6.07) is 0. The summed E-state index contributed by atoms with van der Waals surface area (Å²) in [7, 11) is 0. The molecule has 0 aliphatic heterocycles. The third kappa shape index (κ3) is 2.70. The summed E-state index contributed by atoms with van der Waals surface area (Å²) in [5.41, 5.74) is 0.261. The van der Waals surface area contributed by atoms with E-state index >= 15 is 0 Å². The van der Waals surface area contributed by atoms with E-state index in [1.54, 1.807) is 0 Å². The van der Waals surface area contributed by atoms with Crippen molar-refractivity contribution >= 4 is 21.7 Å². The van der Waals surface area contributed by atoms with Crippen LogP contribution in [0.5, 0.6) is 0 Å². The second kappa shape index (κ2) is 6.58. The minimum Gasteiger partial charge on any atom is -0.390 e. The normalized spacial score (nSPS) is 53.5. The molecule has 4 rings (SSSR count). The Labute approximate surface area is 168 Å². The highest BCUT2D eigenvalue weighted by molar-refractivity contribution is 9.09. The number of hydrogen-bond donors (Lipinski definition) is 1. The van der Waals surface area contributed by atoms with Gasteiger partial charge in [0, 0.05) is 5.92 Å². The maximum atomic E-state index is 12.7. The second-order valence-electron chi connectivity index (χ2n) is 10.7. The van der Waals surface area contributed by atoms with Gasteiger partial charge in [0.05, 0.1) is 10.9 Å². The molecule has 26 heavy (non-hydrogen) atoms. The van der Waals surface area contributed by atoms with Crippen LogP contribution in [0.15, 0.2) is 0 Å². The van der Waals surface area contributed by atoms with Gasteiger partial charge >= 0.3 is 0 Å². The Morgan fingerprint density at radius 3 is 2.50 bits per heavy atom. The van der Waals surface area contributed by atoms with Crippen molar-refractivity contribution in [3.05, 3.63) is 0 Å². The summed E-state index contributed by atoms with van der Waals surface area (Å²) in [6.07, 6.45) is 12.0. The largest absolute Gasteiger partial charge is 0.390 e. The van der Waals surface area contributed by atoms with Crippen molar-refractivity contribution in [1.82, 2.24) is 0 Å². The van der Waals surface area contributed by atoms with Crippen molar-refractivity contribution in [3.8, 4) is 0 Å². The summed E-state index contributed by atoms with van der Waals surface area (Å²) in [5.74, 6) is 3.86. The Kier molecular flexibility index (Phi) is 4.91. The minimum absolute atomic E-state index is 0.287. The number of carbonyl (C=O) groups is 1. The molecule has 1 N–H and O–H groups in total. The molecule has 4 aliphatic rings. The first-order valence-corrected chi connectivity index (χ1v) is 12.2. The number of carbonyl (C=O) groups excluding carboxylic acids is 1. The number of ketones is 1. The topological polar surface area (TPSA) is 37.3 Å². The molecule has 0 aromatic rings. The van der Waals surface area contributed by atoms with Crippen molar-refractivity contribution in [2.24, 2.45) is 40.4 Å². The van der Waals surface area contributed by atoms with E-state index in [4.69, 9.17) is 0 Å². The van der Waals surface area contributed by atoms with Gasteiger partial charge in [-0.25, -0.2) is 0 Å². The van der Waals surface area contributed by atoms with Crippen molar-refractivity contribution in [2.75, 3.05) is 5.33 Å². The lowest BCUT2D eigenvalue weighted by Gasteiger charge is -2.62. The number of fused-ring (bicyclic) bond motifs is 5. The van der Waals surface area contributed by atoms with E-state index in [9.17, 15) is 9.90 Å². The molecule has 148 valence electrons. The average molecular weight is 425 g/mol. The molecule has 4 saturated carbocycles. The highest BCUT2D eigenvalue weighted by Gasteiger charge is 2.62. The Bertz CT molecular complexity index is 573. The molecule has 0 unspecified atom stereocenters.